The minimum absolute atomic E-state index is 0.0447. The van der Waals surface area contributed by atoms with Crippen molar-refractivity contribution >= 4 is 29.0 Å². The zero-order valence-electron chi connectivity index (χ0n) is 9.03. The highest BCUT2D eigenvalue weighted by molar-refractivity contribution is 6.49. The fraction of sp³-hybridized carbons (Fsp3) is 0.556. The lowest BCUT2D eigenvalue weighted by molar-refractivity contribution is -0.0461. The number of rotatable bonds is 2. The van der Waals surface area contributed by atoms with Crippen LogP contribution < -0.4 is 11.4 Å². The molecule has 1 saturated heterocycles. The van der Waals surface area contributed by atoms with Gasteiger partial charge in [0.15, 0.2) is 10.6 Å². The van der Waals surface area contributed by atoms with Crippen LogP contribution in [-0.2, 0) is 4.74 Å². The number of ether oxygens (including phenoxy) is 1. The van der Waals surface area contributed by atoms with E-state index >= 15 is 0 Å². The van der Waals surface area contributed by atoms with Crippen molar-refractivity contribution in [1.29, 1.82) is 0 Å². The van der Waals surface area contributed by atoms with E-state index < -0.39 is 35.1 Å². The number of halogens is 2. The summed E-state index contributed by atoms with van der Waals surface area (Å²) in [6.45, 7) is -0.476. The maximum absolute atomic E-state index is 11.6. The van der Waals surface area contributed by atoms with Crippen molar-refractivity contribution in [2.75, 3.05) is 12.3 Å². The summed E-state index contributed by atoms with van der Waals surface area (Å²) >= 11 is 11.9. The second kappa shape index (κ2) is 4.67. The molecular weight excluding hydrogens is 285 g/mol. The highest BCUT2D eigenvalue weighted by Gasteiger charge is 2.55. The Kier molecular flexibility index (Phi) is 3.52. The Labute approximate surface area is 112 Å². The van der Waals surface area contributed by atoms with Gasteiger partial charge in [0, 0.05) is 6.20 Å². The number of aliphatic hydroxyl groups is 2. The largest absolute Gasteiger partial charge is 0.394 e. The van der Waals surface area contributed by atoms with Crippen LogP contribution in [0.2, 0.25) is 0 Å². The van der Waals surface area contributed by atoms with Gasteiger partial charge in [0.2, 0.25) is 0 Å². The molecule has 1 aliphatic rings. The number of hydrogen-bond acceptors (Lipinski definition) is 6. The SMILES string of the molecule is Nc1ccn([C@@H]2O[C@H](CO)C(O)C2(Cl)Cl)c(=O)n1. The standard InChI is InChI=1S/C9H11Cl2N3O4/c10-9(11)6(16)4(3-15)18-7(9)14-2-1-5(12)13-8(14)17/h1-2,4,6-7,15-16H,3H2,(H2,12,13,17)/t4-,6?,7-/m1/s1. The molecule has 1 unspecified atom stereocenters. The Morgan fingerprint density at radius 1 is 1.61 bits per heavy atom. The Balaban J connectivity index is 2.42. The van der Waals surface area contributed by atoms with Gasteiger partial charge < -0.3 is 20.7 Å². The first-order chi connectivity index (χ1) is 8.37. The predicted molar refractivity (Wildman–Crippen MR) is 64.3 cm³/mol. The predicted octanol–water partition coefficient (Wildman–Crippen LogP) is -0.750. The third-order valence-electron chi connectivity index (χ3n) is 2.66. The maximum Gasteiger partial charge on any atom is 0.351 e. The smallest absolute Gasteiger partial charge is 0.351 e. The molecule has 2 rings (SSSR count). The zero-order chi connectivity index (χ0) is 13.5. The molecule has 0 aromatic carbocycles. The summed E-state index contributed by atoms with van der Waals surface area (Å²) in [5, 5.41) is 18.8. The molecule has 1 aliphatic heterocycles. The van der Waals surface area contributed by atoms with E-state index in [0.29, 0.717) is 0 Å². The lowest BCUT2D eigenvalue weighted by atomic mass is 10.2. The molecule has 0 aliphatic carbocycles. The molecule has 2 heterocycles. The molecular formula is C9H11Cl2N3O4. The van der Waals surface area contributed by atoms with Gasteiger partial charge in [-0.25, -0.2) is 4.79 Å². The normalized spacial score (nSPS) is 30.6. The second-order valence-corrected chi connectivity index (χ2v) is 5.32. The summed E-state index contributed by atoms with van der Waals surface area (Å²) in [7, 11) is 0. The summed E-state index contributed by atoms with van der Waals surface area (Å²) < 4.78 is 4.50. The van der Waals surface area contributed by atoms with E-state index in [1.165, 1.54) is 12.3 Å². The third kappa shape index (κ3) is 2.08. The quantitative estimate of drug-likeness (QED) is 0.619. The highest BCUT2D eigenvalue weighted by atomic mass is 35.5. The molecule has 0 saturated carbocycles. The Hall–Kier alpha value is -0.860. The van der Waals surface area contributed by atoms with Crippen molar-refractivity contribution in [2.24, 2.45) is 0 Å². The highest BCUT2D eigenvalue weighted by Crippen LogP contribution is 2.45. The van der Waals surface area contributed by atoms with Crippen LogP contribution in [0.15, 0.2) is 17.1 Å². The molecule has 1 aromatic rings. The lowest BCUT2D eigenvalue weighted by Crippen LogP contribution is -2.40. The van der Waals surface area contributed by atoms with Gasteiger partial charge >= 0.3 is 5.69 Å². The molecule has 18 heavy (non-hydrogen) atoms. The van der Waals surface area contributed by atoms with Gasteiger partial charge in [-0.05, 0) is 6.07 Å². The summed E-state index contributed by atoms with van der Waals surface area (Å²) in [6.07, 6.45) is -2.16. The van der Waals surface area contributed by atoms with Crippen molar-refractivity contribution in [3.8, 4) is 0 Å². The maximum atomic E-state index is 11.6. The molecule has 0 amide bonds. The van der Waals surface area contributed by atoms with Crippen LogP contribution >= 0.6 is 23.2 Å². The monoisotopic (exact) mass is 295 g/mol. The van der Waals surface area contributed by atoms with Gasteiger partial charge in [-0.3, -0.25) is 4.57 Å². The number of aliphatic hydroxyl groups excluding tert-OH is 2. The van der Waals surface area contributed by atoms with Gasteiger partial charge in [-0.1, -0.05) is 23.2 Å². The number of alkyl halides is 2. The van der Waals surface area contributed by atoms with Crippen molar-refractivity contribution < 1.29 is 14.9 Å². The van der Waals surface area contributed by atoms with Crippen molar-refractivity contribution in [1.82, 2.24) is 9.55 Å². The zero-order valence-corrected chi connectivity index (χ0v) is 10.5. The van der Waals surface area contributed by atoms with Crippen LogP contribution in [0.4, 0.5) is 5.82 Å². The van der Waals surface area contributed by atoms with E-state index in [1.807, 2.05) is 0 Å². The molecule has 4 N–H and O–H groups in total. The van der Waals surface area contributed by atoms with E-state index in [-0.39, 0.29) is 5.82 Å². The van der Waals surface area contributed by atoms with Crippen LogP contribution in [0.1, 0.15) is 6.23 Å². The minimum Gasteiger partial charge on any atom is -0.394 e. The number of nitrogen functional groups attached to an aromatic ring is 1. The lowest BCUT2D eigenvalue weighted by Gasteiger charge is -2.23. The molecule has 0 spiro atoms. The summed E-state index contributed by atoms with van der Waals surface area (Å²) in [5.74, 6) is 0.0447. The number of anilines is 1. The van der Waals surface area contributed by atoms with Gasteiger partial charge in [-0.2, -0.15) is 4.98 Å². The van der Waals surface area contributed by atoms with E-state index in [4.69, 9.17) is 38.8 Å². The molecule has 100 valence electrons. The van der Waals surface area contributed by atoms with E-state index in [0.717, 1.165) is 4.57 Å². The van der Waals surface area contributed by atoms with Gasteiger partial charge in [0.25, 0.3) is 0 Å². The molecule has 1 aromatic heterocycles. The molecule has 3 atom stereocenters. The second-order valence-electron chi connectivity index (χ2n) is 3.87. The minimum atomic E-state index is -1.77. The molecule has 1 fully saturated rings. The number of hydrogen-bond donors (Lipinski definition) is 3. The first kappa shape index (κ1) is 13.6. The fourth-order valence-electron chi connectivity index (χ4n) is 1.72. The number of nitrogens with zero attached hydrogens (tertiary/aromatic N) is 2. The van der Waals surface area contributed by atoms with Gasteiger partial charge in [0.05, 0.1) is 6.61 Å². The van der Waals surface area contributed by atoms with E-state index in [9.17, 15) is 9.90 Å². The molecule has 0 radical (unpaired) electrons. The van der Waals surface area contributed by atoms with Crippen LogP contribution in [0.3, 0.4) is 0 Å². The topological polar surface area (TPSA) is 111 Å². The molecule has 7 nitrogen and oxygen atoms in total. The first-order valence-corrected chi connectivity index (χ1v) is 5.80. The Morgan fingerprint density at radius 3 is 2.78 bits per heavy atom. The van der Waals surface area contributed by atoms with E-state index in [1.54, 1.807) is 0 Å². The summed E-state index contributed by atoms with van der Waals surface area (Å²) in [5.41, 5.74) is 4.64. The van der Waals surface area contributed by atoms with Crippen LogP contribution in [-0.4, -0.2) is 42.9 Å². The number of nitrogens with two attached hydrogens (primary N) is 1. The third-order valence-corrected chi connectivity index (χ3v) is 3.48. The fourth-order valence-corrected chi connectivity index (χ4v) is 2.32. The molecule has 0 bridgehead atoms. The Morgan fingerprint density at radius 2 is 2.28 bits per heavy atom. The van der Waals surface area contributed by atoms with Gasteiger partial charge in [-0.15, -0.1) is 0 Å². The van der Waals surface area contributed by atoms with E-state index in [2.05, 4.69) is 4.98 Å². The average Bonchev–Trinajstić information content (AvgIpc) is 2.52. The summed E-state index contributed by atoms with van der Waals surface area (Å²) in [6, 6.07) is 1.37. The van der Waals surface area contributed by atoms with Crippen LogP contribution in [0, 0.1) is 0 Å². The van der Waals surface area contributed by atoms with Crippen molar-refractivity contribution in [3.63, 3.8) is 0 Å². The summed E-state index contributed by atoms with van der Waals surface area (Å²) in [4.78, 5) is 15.2. The van der Waals surface area contributed by atoms with Crippen LogP contribution in [0.25, 0.3) is 0 Å². The van der Waals surface area contributed by atoms with Crippen molar-refractivity contribution in [2.45, 2.75) is 22.8 Å². The molecule has 9 heteroatoms. The Bertz CT molecular complexity index is 507. The number of aromatic nitrogens is 2. The van der Waals surface area contributed by atoms with Gasteiger partial charge in [0.1, 0.15) is 18.0 Å². The average molecular weight is 296 g/mol. The van der Waals surface area contributed by atoms with Crippen LogP contribution in [0.5, 0.6) is 0 Å². The first-order valence-electron chi connectivity index (χ1n) is 5.04. The van der Waals surface area contributed by atoms with Crippen molar-refractivity contribution in [3.05, 3.63) is 22.7 Å².